The molecule has 0 saturated heterocycles. The van der Waals surface area contributed by atoms with Crippen molar-refractivity contribution in [3.63, 3.8) is 0 Å². The molecule has 8 heteroatoms. The smallest absolute Gasteiger partial charge is 0.418 e. The van der Waals surface area contributed by atoms with Gasteiger partial charge in [0.05, 0.1) is 11.4 Å². The normalized spacial score (nSPS) is 15.4. The summed E-state index contributed by atoms with van der Waals surface area (Å²) >= 11 is 6.55. The zero-order valence-electron chi connectivity index (χ0n) is 12.4. The van der Waals surface area contributed by atoms with E-state index in [2.05, 4.69) is 61.8 Å². The minimum atomic E-state index is -6.00. The van der Waals surface area contributed by atoms with Crippen molar-refractivity contribution in [1.29, 1.82) is 0 Å². The fraction of sp³-hybridized carbons (Fsp3) is 0.538. The maximum atomic E-state index is 9.75. The summed E-state index contributed by atoms with van der Waals surface area (Å²) in [5, 5.41) is 0. The van der Waals surface area contributed by atoms with E-state index in [4.69, 9.17) is 11.6 Å². The van der Waals surface area contributed by atoms with E-state index in [1.165, 1.54) is 11.4 Å². The first-order valence-electron chi connectivity index (χ1n) is 6.71. The number of halogens is 5. The Kier molecular flexibility index (Phi) is 5.79. The number of hydrogen-bond acceptors (Lipinski definition) is 2. The van der Waals surface area contributed by atoms with E-state index in [1.54, 1.807) is 0 Å². The maximum Gasteiger partial charge on any atom is 0.673 e. The Morgan fingerprint density at radius 1 is 0.905 bits per heavy atom. The largest absolute Gasteiger partial charge is 0.673 e. The molecule has 0 radical (unpaired) electrons. The molecule has 0 amide bonds. The van der Waals surface area contributed by atoms with E-state index in [0.29, 0.717) is 12.1 Å². The maximum absolute atomic E-state index is 9.75. The van der Waals surface area contributed by atoms with Crippen LogP contribution < -0.4 is 9.80 Å². The molecular formula is C13H19BClF4N2-. The van der Waals surface area contributed by atoms with E-state index >= 15 is 0 Å². The molecule has 0 fully saturated rings. The highest BCUT2D eigenvalue weighted by Crippen LogP contribution is 2.42. The molecule has 0 saturated carbocycles. The second kappa shape index (κ2) is 6.77. The number of para-hydroxylation sites is 2. The summed E-state index contributed by atoms with van der Waals surface area (Å²) in [6.07, 6.45) is 0. The van der Waals surface area contributed by atoms with Gasteiger partial charge in [-0.2, -0.15) is 0 Å². The Balaban J connectivity index is 0.000000383. The van der Waals surface area contributed by atoms with Gasteiger partial charge in [0.1, 0.15) is 0 Å². The van der Waals surface area contributed by atoms with Crippen LogP contribution >= 0.6 is 11.6 Å². The van der Waals surface area contributed by atoms with Gasteiger partial charge >= 0.3 is 7.25 Å². The van der Waals surface area contributed by atoms with Crippen molar-refractivity contribution in [2.75, 3.05) is 9.80 Å². The van der Waals surface area contributed by atoms with Crippen LogP contribution in [0.1, 0.15) is 27.7 Å². The molecule has 0 aliphatic carbocycles. The van der Waals surface area contributed by atoms with Gasteiger partial charge < -0.3 is 27.1 Å². The van der Waals surface area contributed by atoms with Crippen LogP contribution in [0.15, 0.2) is 24.3 Å². The number of fused-ring (bicyclic) bond motifs is 1. The lowest BCUT2D eigenvalue weighted by Crippen LogP contribution is -2.45. The van der Waals surface area contributed by atoms with E-state index in [9.17, 15) is 17.3 Å². The molecule has 0 N–H and O–H groups in total. The van der Waals surface area contributed by atoms with Crippen molar-refractivity contribution >= 4 is 30.2 Å². The van der Waals surface area contributed by atoms with Crippen LogP contribution in [0.3, 0.4) is 0 Å². The summed E-state index contributed by atoms with van der Waals surface area (Å²) in [7, 11) is -6.00. The Morgan fingerprint density at radius 2 is 1.19 bits per heavy atom. The fourth-order valence-corrected chi connectivity index (χ4v) is 2.97. The number of anilines is 2. The second-order valence-electron chi connectivity index (χ2n) is 5.30. The van der Waals surface area contributed by atoms with Crippen LogP contribution in [0.5, 0.6) is 0 Å². The highest BCUT2D eigenvalue weighted by molar-refractivity contribution is 6.50. The summed E-state index contributed by atoms with van der Waals surface area (Å²) in [6.45, 7) is 8.71. The Hall–Kier alpha value is -1.11. The molecule has 2 nitrogen and oxygen atoms in total. The lowest BCUT2D eigenvalue weighted by atomic mass is 10.2. The summed E-state index contributed by atoms with van der Waals surface area (Å²) in [4.78, 5) is 4.52. The van der Waals surface area contributed by atoms with Crippen molar-refractivity contribution in [1.82, 2.24) is 0 Å². The topological polar surface area (TPSA) is 6.48 Å². The molecule has 21 heavy (non-hydrogen) atoms. The molecule has 1 aromatic carbocycles. The van der Waals surface area contributed by atoms with Crippen molar-refractivity contribution in [2.45, 2.75) is 45.4 Å². The van der Waals surface area contributed by atoms with Crippen molar-refractivity contribution < 1.29 is 17.3 Å². The van der Waals surface area contributed by atoms with Gasteiger partial charge in [-0.3, -0.25) is 0 Å². The standard InChI is InChI=1S/C13H19ClN2.BF4/c1-9(2)15-11-7-5-6-8-12(11)16(10(3)4)13(15)14;2-1(3,4)5/h5-10,13H,1-4H3;/q;-1. The third kappa shape index (κ3) is 4.69. The summed E-state index contributed by atoms with van der Waals surface area (Å²) in [5.41, 5.74) is 2.41. The third-order valence-electron chi connectivity index (χ3n) is 3.01. The minimum Gasteiger partial charge on any atom is -0.418 e. The number of hydrogen-bond donors (Lipinski definition) is 0. The molecule has 0 aromatic heterocycles. The van der Waals surface area contributed by atoms with Gasteiger partial charge in [0.15, 0.2) is 5.62 Å². The zero-order chi connectivity index (χ0) is 16.4. The fourth-order valence-electron chi connectivity index (χ4n) is 2.31. The van der Waals surface area contributed by atoms with E-state index in [0.717, 1.165) is 0 Å². The van der Waals surface area contributed by atoms with Gasteiger partial charge in [-0.25, -0.2) is 0 Å². The van der Waals surface area contributed by atoms with Crippen molar-refractivity contribution in [2.24, 2.45) is 0 Å². The first-order chi connectivity index (χ1) is 9.54. The molecular weight excluding hydrogens is 306 g/mol. The van der Waals surface area contributed by atoms with Crippen molar-refractivity contribution in [3.05, 3.63) is 24.3 Å². The Labute approximate surface area is 127 Å². The predicted octanol–water partition coefficient (Wildman–Crippen LogP) is 4.95. The molecule has 0 spiro atoms. The Bertz CT molecular complexity index is 427. The molecule has 1 heterocycles. The predicted molar refractivity (Wildman–Crippen MR) is 81.5 cm³/mol. The number of benzene rings is 1. The summed E-state index contributed by atoms with van der Waals surface area (Å²) < 4.78 is 39.0. The molecule has 1 aromatic rings. The molecule has 2 rings (SSSR count). The average molecular weight is 326 g/mol. The molecule has 0 atom stereocenters. The average Bonchev–Trinajstić information content (AvgIpc) is 2.58. The quantitative estimate of drug-likeness (QED) is 0.328. The van der Waals surface area contributed by atoms with E-state index < -0.39 is 7.25 Å². The third-order valence-corrected chi connectivity index (χ3v) is 3.43. The SMILES string of the molecule is CC(C)N1c2ccccc2N(C(C)C)C1Cl.F[B-](F)(F)F. The molecule has 1 aliphatic heterocycles. The number of alkyl halides is 1. The van der Waals surface area contributed by atoms with Gasteiger partial charge in [0.25, 0.3) is 0 Å². The van der Waals surface area contributed by atoms with Gasteiger partial charge in [0.2, 0.25) is 0 Å². The monoisotopic (exact) mass is 325 g/mol. The highest BCUT2D eigenvalue weighted by Gasteiger charge is 2.36. The van der Waals surface area contributed by atoms with Crippen molar-refractivity contribution in [3.8, 4) is 0 Å². The molecule has 0 bridgehead atoms. The number of rotatable bonds is 2. The molecule has 0 unspecified atom stereocenters. The van der Waals surface area contributed by atoms with Gasteiger partial charge in [-0.1, -0.05) is 23.7 Å². The van der Waals surface area contributed by atoms with E-state index in [-0.39, 0.29) is 5.62 Å². The Morgan fingerprint density at radius 3 is 1.43 bits per heavy atom. The van der Waals surface area contributed by atoms with E-state index in [1.807, 2.05) is 0 Å². The van der Waals surface area contributed by atoms with Crippen LogP contribution in [0.2, 0.25) is 0 Å². The van der Waals surface area contributed by atoms with Crippen LogP contribution in [0.4, 0.5) is 28.6 Å². The highest BCUT2D eigenvalue weighted by atomic mass is 35.5. The lowest BCUT2D eigenvalue weighted by molar-refractivity contribution is 0.368. The first-order valence-corrected chi connectivity index (χ1v) is 7.14. The first kappa shape index (κ1) is 17.9. The van der Waals surface area contributed by atoms with Crippen LogP contribution in [-0.2, 0) is 0 Å². The zero-order valence-corrected chi connectivity index (χ0v) is 13.2. The number of nitrogens with zero attached hydrogens (tertiary/aromatic N) is 2. The minimum absolute atomic E-state index is 0.0719. The van der Waals surface area contributed by atoms with Gasteiger partial charge in [0, 0.05) is 12.1 Å². The van der Waals surface area contributed by atoms with Gasteiger partial charge in [-0.05, 0) is 39.8 Å². The van der Waals surface area contributed by atoms with Crippen LogP contribution in [0, 0.1) is 0 Å². The molecule has 1 aliphatic rings. The van der Waals surface area contributed by atoms with Gasteiger partial charge in [-0.15, -0.1) is 0 Å². The molecule has 120 valence electrons. The summed E-state index contributed by atoms with van der Waals surface area (Å²) in [6, 6.07) is 9.25. The second-order valence-corrected chi connectivity index (χ2v) is 5.69. The van der Waals surface area contributed by atoms with Crippen LogP contribution in [0.25, 0.3) is 0 Å². The van der Waals surface area contributed by atoms with Crippen LogP contribution in [-0.4, -0.2) is 25.0 Å². The lowest BCUT2D eigenvalue weighted by Gasteiger charge is -2.33. The summed E-state index contributed by atoms with van der Waals surface area (Å²) in [5.74, 6) is 0.